The number of anilines is 1. The molecule has 1 saturated heterocycles. The highest BCUT2D eigenvalue weighted by molar-refractivity contribution is 7.89. The summed E-state index contributed by atoms with van der Waals surface area (Å²) in [5, 5.41) is 14.1. The number of nitrogens with two attached hydrogens (primary N) is 1. The molecule has 40 heavy (non-hydrogen) atoms. The van der Waals surface area contributed by atoms with Gasteiger partial charge in [0.25, 0.3) is 0 Å². The van der Waals surface area contributed by atoms with Crippen molar-refractivity contribution in [3.63, 3.8) is 0 Å². The van der Waals surface area contributed by atoms with Crippen LogP contribution in [0, 0.1) is 11.7 Å². The predicted molar refractivity (Wildman–Crippen MR) is 149 cm³/mol. The molecule has 0 aromatic heterocycles. The Labute approximate surface area is 235 Å². The molecule has 2 unspecified atom stereocenters. The Morgan fingerprint density at radius 2 is 1.95 bits per heavy atom. The Morgan fingerprint density at radius 3 is 2.62 bits per heavy atom. The number of carbonyl (C=O) groups excluding carboxylic acids is 1. The first-order valence-electron chi connectivity index (χ1n) is 13.5. The number of alkyl carbamates (subject to hydrolysis) is 1. The average molecular weight is 579 g/mol. The van der Waals surface area contributed by atoms with Crippen LogP contribution in [0.3, 0.4) is 0 Å². The number of nitrogens with zero attached hydrogens (tertiary/aromatic N) is 2. The van der Waals surface area contributed by atoms with Crippen molar-refractivity contribution in [2.24, 2.45) is 5.92 Å². The summed E-state index contributed by atoms with van der Waals surface area (Å²) in [6.45, 7) is 0.842. The number of rotatable bonds is 12. The van der Waals surface area contributed by atoms with E-state index < -0.39 is 34.1 Å². The highest BCUT2D eigenvalue weighted by Gasteiger charge is 2.40. The summed E-state index contributed by atoms with van der Waals surface area (Å²) >= 11 is 0. The van der Waals surface area contributed by atoms with Crippen LogP contribution in [-0.4, -0.2) is 93.5 Å². The monoisotopic (exact) mass is 578 g/mol. The lowest BCUT2D eigenvalue weighted by molar-refractivity contribution is 0.0556. The first-order valence-corrected chi connectivity index (χ1v) is 15.0. The van der Waals surface area contributed by atoms with E-state index in [9.17, 15) is 22.7 Å². The van der Waals surface area contributed by atoms with Gasteiger partial charge in [-0.25, -0.2) is 17.6 Å². The molecule has 2 aliphatic rings. The summed E-state index contributed by atoms with van der Waals surface area (Å²) in [5.74, 6) is -0.332. The number of benzene rings is 2. The molecule has 1 amide bonds. The van der Waals surface area contributed by atoms with Gasteiger partial charge in [0, 0.05) is 32.7 Å². The van der Waals surface area contributed by atoms with E-state index >= 15 is 0 Å². The summed E-state index contributed by atoms with van der Waals surface area (Å²) in [7, 11) is -0.550. The topological polar surface area (TPSA) is 134 Å². The number of sulfonamides is 1. The van der Waals surface area contributed by atoms with E-state index in [4.69, 9.17) is 15.2 Å². The first-order chi connectivity index (χ1) is 19.0. The minimum Gasteiger partial charge on any atom is -0.446 e. The van der Waals surface area contributed by atoms with Crippen molar-refractivity contribution in [1.29, 1.82) is 0 Å². The number of fused-ring (bicyclic) bond motifs is 1. The molecule has 1 aliphatic carbocycles. The van der Waals surface area contributed by atoms with E-state index in [0.717, 1.165) is 47.5 Å². The van der Waals surface area contributed by atoms with Crippen molar-refractivity contribution < 1.29 is 32.2 Å². The van der Waals surface area contributed by atoms with Crippen LogP contribution in [0.15, 0.2) is 53.4 Å². The molecule has 2 fully saturated rings. The molecular formula is C28H39FN4O6S. The lowest BCUT2D eigenvalue weighted by Crippen LogP contribution is -2.51. The molecule has 5 atom stereocenters. The number of nitrogens with one attached hydrogen (secondary N) is 1. The molecule has 2 aromatic carbocycles. The molecule has 0 bridgehead atoms. The Kier molecular flexibility index (Phi) is 10.0. The largest absolute Gasteiger partial charge is 0.446 e. The number of aliphatic hydroxyl groups excluding tert-OH is 1. The Balaban J connectivity index is 1.51. The molecule has 0 spiro atoms. The summed E-state index contributed by atoms with van der Waals surface area (Å²) < 4.78 is 53.4. The van der Waals surface area contributed by atoms with Crippen LogP contribution in [-0.2, 0) is 25.9 Å². The Bertz CT molecular complexity index is 1240. The van der Waals surface area contributed by atoms with Gasteiger partial charge in [0.05, 0.1) is 28.8 Å². The number of carbonyl (C=O) groups is 1. The third kappa shape index (κ3) is 7.70. The molecule has 2 aromatic rings. The lowest BCUT2D eigenvalue weighted by atomic mass is 10.0. The maximum absolute atomic E-state index is 13.8. The van der Waals surface area contributed by atoms with Crippen LogP contribution in [0.4, 0.5) is 14.9 Å². The van der Waals surface area contributed by atoms with Gasteiger partial charge in [0.1, 0.15) is 11.9 Å². The van der Waals surface area contributed by atoms with Crippen LogP contribution in [0.2, 0.25) is 0 Å². The predicted octanol–water partition coefficient (Wildman–Crippen LogP) is 2.23. The van der Waals surface area contributed by atoms with E-state index in [1.807, 2.05) is 35.2 Å². The van der Waals surface area contributed by atoms with Crippen molar-refractivity contribution in [1.82, 2.24) is 14.5 Å². The normalized spacial score (nSPS) is 22.3. The van der Waals surface area contributed by atoms with E-state index in [-0.39, 0.29) is 42.3 Å². The van der Waals surface area contributed by atoms with Crippen molar-refractivity contribution in [3.8, 4) is 0 Å². The van der Waals surface area contributed by atoms with E-state index in [1.54, 1.807) is 14.1 Å². The van der Waals surface area contributed by atoms with Crippen LogP contribution in [0.5, 0.6) is 0 Å². The van der Waals surface area contributed by atoms with Crippen LogP contribution < -0.4 is 11.1 Å². The molecule has 1 saturated carbocycles. The molecule has 1 aliphatic heterocycles. The van der Waals surface area contributed by atoms with Gasteiger partial charge in [-0.3, -0.25) is 0 Å². The SMILES string of the molecule is CN(C)CCN(C[C@@H](O)[C@H](Cc1ccccc1)NC(=O)OC1CC2CCO[C@@H]2C1)S(=O)(=O)c1ccc(F)c(N)c1. The molecular weight excluding hydrogens is 539 g/mol. The smallest absolute Gasteiger partial charge is 0.407 e. The standard InChI is InChI=1S/C28H39FN4O6S/c1-32(2)11-12-33(40(36,37)22-8-9-23(29)24(30)17-22)18-26(34)25(14-19-6-4-3-5-7-19)31-28(35)39-21-15-20-10-13-38-27(20)16-21/h3-9,17,20-21,25-27,34H,10-16,18,30H2,1-2H3,(H,31,35)/t20?,21?,25-,26+,27+/m0/s1. The third-order valence-electron chi connectivity index (χ3n) is 7.54. The summed E-state index contributed by atoms with van der Waals surface area (Å²) in [6.07, 6.45) is 0.473. The fourth-order valence-corrected chi connectivity index (χ4v) is 6.77. The average Bonchev–Trinajstić information content (AvgIpc) is 3.50. The maximum Gasteiger partial charge on any atom is 0.407 e. The molecule has 10 nitrogen and oxygen atoms in total. The van der Waals surface area contributed by atoms with Gasteiger partial charge >= 0.3 is 6.09 Å². The van der Waals surface area contributed by atoms with E-state index in [2.05, 4.69) is 5.32 Å². The van der Waals surface area contributed by atoms with Crippen molar-refractivity contribution in [2.45, 2.75) is 54.9 Å². The van der Waals surface area contributed by atoms with Crippen LogP contribution in [0.25, 0.3) is 0 Å². The quantitative estimate of drug-likeness (QED) is 0.327. The van der Waals surface area contributed by atoms with Gasteiger partial charge in [-0.05, 0) is 63.0 Å². The zero-order valence-electron chi connectivity index (χ0n) is 22.9. The number of likely N-dealkylation sites (N-methyl/N-ethyl adjacent to an activating group) is 1. The third-order valence-corrected chi connectivity index (χ3v) is 9.40. The molecule has 220 valence electrons. The van der Waals surface area contributed by atoms with Crippen LogP contribution >= 0.6 is 0 Å². The summed E-state index contributed by atoms with van der Waals surface area (Å²) in [4.78, 5) is 14.6. The highest BCUT2D eigenvalue weighted by atomic mass is 32.2. The molecule has 1 heterocycles. The molecule has 0 radical (unpaired) electrons. The van der Waals surface area contributed by atoms with E-state index in [0.29, 0.717) is 18.9 Å². The Morgan fingerprint density at radius 1 is 1.20 bits per heavy atom. The number of amides is 1. The van der Waals surface area contributed by atoms with Gasteiger partial charge in [0.2, 0.25) is 10.0 Å². The van der Waals surface area contributed by atoms with E-state index in [1.165, 1.54) is 0 Å². The van der Waals surface area contributed by atoms with Crippen molar-refractivity contribution in [3.05, 3.63) is 59.9 Å². The zero-order chi connectivity index (χ0) is 28.9. The summed E-state index contributed by atoms with van der Waals surface area (Å²) in [5.41, 5.74) is 6.20. The second kappa shape index (κ2) is 13.3. The second-order valence-corrected chi connectivity index (χ2v) is 12.8. The fraction of sp³-hybridized carbons (Fsp3) is 0.536. The molecule has 12 heteroatoms. The Hall–Kier alpha value is -2.77. The lowest BCUT2D eigenvalue weighted by Gasteiger charge is -2.30. The van der Waals surface area contributed by atoms with Crippen molar-refractivity contribution in [2.75, 3.05) is 46.1 Å². The number of aliphatic hydroxyl groups is 1. The second-order valence-electron chi connectivity index (χ2n) is 10.8. The zero-order valence-corrected chi connectivity index (χ0v) is 23.7. The fourth-order valence-electron chi connectivity index (χ4n) is 5.29. The molecule has 4 N–H and O–H groups in total. The van der Waals surface area contributed by atoms with Crippen LogP contribution in [0.1, 0.15) is 24.8 Å². The number of halogens is 1. The number of nitrogen functional groups attached to an aromatic ring is 1. The first kappa shape index (κ1) is 30.2. The summed E-state index contributed by atoms with van der Waals surface area (Å²) in [6, 6.07) is 11.7. The van der Waals surface area contributed by atoms with Gasteiger partial charge in [0.15, 0.2) is 0 Å². The number of hydrogen-bond donors (Lipinski definition) is 3. The van der Waals surface area contributed by atoms with Gasteiger partial charge in [-0.15, -0.1) is 0 Å². The van der Waals surface area contributed by atoms with Gasteiger partial charge in [-0.1, -0.05) is 30.3 Å². The maximum atomic E-state index is 13.8. The van der Waals surface area contributed by atoms with Gasteiger partial charge in [-0.2, -0.15) is 4.31 Å². The van der Waals surface area contributed by atoms with Gasteiger partial charge < -0.3 is 30.5 Å². The van der Waals surface area contributed by atoms with Crippen molar-refractivity contribution >= 4 is 21.8 Å². The minimum atomic E-state index is -4.15. The minimum absolute atomic E-state index is 0.0526. The number of ether oxygens (including phenoxy) is 2. The highest BCUT2D eigenvalue weighted by Crippen LogP contribution is 2.37. The molecule has 4 rings (SSSR count). The number of hydrogen-bond acceptors (Lipinski definition) is 8.